The van der Waals surface area contributed by atoms with E-state index in [-0.39, 0.29) is 5.84 Å². The summed E-state index contributed by atoms with van der Waals surface area (Å²) in [7, 11) is 0. The first-order chi connectivity index (χ1) is 31.9. The number of nitrogens with one attached hydrogen (secondary N) is 2. The fourth-order valence-electron chi connectivity index (χ4n) is 8.87. The van der Waals surface area contributed by atoms with Crippen molar-refractivity contribution in [2.75, 3.05) is 0 Å². The summed E-state index contributed by atoms with van der Waals surface area (Å²) in [5, 5.41) is 24.9. The highest BCUT2D eigenvalue weighted by Gasteiger charge is 2.16. The molecule has 9 aromatic carbocycles. The van der Waals surface area contributed by atoms with Crippen LogP contribution in [0.25, 0.3) is 106 Å². The lowest BCUT2D eigenvalue weighted by Gasteiger charge is -2.06. The zero-order valence-corrected chi connectivity index (χ0v) is 36.9. The highest BCUT2D eigenvalue weighted by molar-refractivity contribution is 7.26. The molecule has 0 saturated carbocycles. The Hall–Kier alpha value is -7.97. The van der Waals surface area contributed by atoms with Gasteiger partial charge in [0.2, 0.25) is 0 Å². The molecule has 4 aromatic heterocycles. The zero-order valence-electron chi connectivity index (χ0n) is 35.3. The molecule has 0 aliphatic heterocycles. The molecule has 7 heteroatoms. The summed E-state index contributed by atoms with van der Waals surface area (Å²) in [6, 6.07) is 65.1. The second kappa shape index (κ2) is 16.6. The Morgan fingerprint density at radius 3 is 1.92 bits per heavy atom. The minimum absolute atomic E-state index is 0.223. The lowest BCUT2D eigenvalue weighted by molar-refractivity contribution is 0.666. The van der Waals surface area contributed by atoms with E-state index in [1.54, 1.807) is 0 Å². The molecule has 310 valence electrons. The van der Waals surface area contributed by atoms with Gasteiger partial charge >= 0.3 is 0 Å². The van der Waals surface area contributed by atoms with E-state index in [1.807, 2.05) is 89.4 Å². The topological polar surface area (TPSA) is 86.3 Å². The van der Waals surface area contributed by atoms with Crippen molar-refractivity contribution < 1.29 is 8.83 Å². The number of aliphatic imine (C=N–C) groups is 1. The summed E-state index contributed by atoms with van der Waals surface area (Å²) in [6.07, 6.45) is 1.41. The third kappa shape index (κ3) is 7.17. The standard InChI is InChI=1S/C37H21NOS2.C13H10O.C8H8N2/c38-20-24-5-3-8-31-36(24)29-17-23(13-16-30(29)39-31)25-7-4-10-33-37(25)28-15-12-22(19-35(28)41-33)21-11-14-27-26-6-1-2-9-32(26)40-34(27)18-21;1-9-5-4-7-11-10-6-2-3-8-12(10)14-13(9)11;1-10-8(9)7-5-3-2-4-6-7/h1-20,38H;2-8H,1H3;2-6,9H,1H2. The van der Waals surface area contributed by atoms with E-state index in [0.717, 1.165) is 49.8 Å². The Morgan fingerprint density at radius 2 is 1.11 bits per heavy atom. The van der Waals surface area contributed by atoms with Gasteiger partial charge in [0.15, 0.2) is 5.84 Å². The molecule has 0 aliphatic rings. The minimum Gasteiger partial charge on any atom is -0.456 e. The predicted molar refractivity (Wildman–Crippen MR) is 280 cm³/mol. The lowest BCUT2D eigenvalue weighted by Crippen LogP contribution is -1.91. The van der Waals surface area contributed by atoms with Crippen molar-refractivity contribution in [3.05, 3.63) is 205 Å². The van der Waals surface area contributed by atoms with Crippen LogP contribution < -0.4 is 0 Å². The Morgan fingerprint density at radius 1 is 0.492 bits per heavy atom. The van der Waals surface area contributed by atoms with Crippen molar-refractivity contribution in [3.8, 4) is 22.3 Å². The highest BCUT2D eigenvalue weighted by atomic mass is 32.1. The predicted octanol–water partition coefficient (Wildman–Crippen LogP) is 17.3. The fraction of sp³-hybridized carbons (Fsp3) is 0.0172. The Kier molecular flexibility index (Phi) is 10.2. The number of thiophene rings is 2. The molecule has 0 aliphatic carbocycles. The molecule has 0 spiro atoms. The first-order valence-electron chi connectivity index (χ1n) is 21.3. The molecule has 0 bridgehead atoms. The van der Waals surface area contributed by atoms with Crippen molar-refractivity contribution in [1.82, 2.24) is 0 Å². The number of amidine groups is 1. The summed E-state index contributed by atoms with van der Waals surface area (Å²) in [5.41, 5.74) is 11.4. The maximum absolute atomic E-state index is 7.91. The molecule has 0 unspecified atom stereocenters. The van der Waals surface area contributed by atoms with Gasteiger partial charge in [0.25, 0.3) is 0 Å². The highest BCUT2D eigenvalue weighted by Crippen LogP contribution is 2.44. The maximum atomic E-state index is 7.91. The van der Waals surface area contributed by atoms with Crippen LogP contribution in [0, 0.1) is 17.7 Å². The number of rotatable bonds is 4. The molecular weight excluding hydrogens is 835 g/mol. The largest absolute Gasteiger partial charge is 0.456 e. The van der Waals surface area contributed by atoms with Gasteiger partial charge in [-0.25, -0.2) is 4.99 Å². The number of fused-ring (bicyclic) bond motifs is 12. The average Bonchev–Trinajstić information content (AvgIpc) is 4.14. The molecule has 0 radical (unpaired) electrons. The van der Waals surface area contributed by atoms with E-state index < -0.39 is 0 Å². The molecule has 0 saturated heterocycles. The van der Waals surface area contributed by atoms with Crippen LogP contribution in [0.1, 0.15) is 16.7 Å². The van der Waals surface area contributed by atoms with Crippen molar-refractivity contribution in [2.24, 2.45) is 4.99 Å². The summed E-state index contributed by atoms with van der Waals surface area (Å²) in [5.74, 6) is 0.223. The van der Waals surface area contributed by atoms with Crippen LogP contribution >= 0.6 is 22.7 Å². The fourth-order valence-corrected chi connectivity index (χ4v) is 11.2. The minimum atomic E-state index is 0.223. The summed E-state index contributed by atoms with van der Waals surface area (Å²) in [4.78, 5) is 3.49. The number of aryl methyl sites for hydroxylation is 1. The van der Waals surface area contributed by atoms with E-state index >= 15 is 0 Å². The first-order valence-corrected chi connectivity index (χ1v) is 22.9. The molecule has 0 amide bonds. The first kappa shape index (κ1) is 39.8. The van der Waals surface area contributed by atoms with Crippen LogP contribution in [0.15, 0.2) is 202 Å². The van der Waals surface area contributed by atoms with Gasteiger partial charge in [-0.3, -0.25) is 5.41 Å². The Labute approximate surface area is 382 Å². The maximum Gasteiger partial charge on any atom is 0.151 e. The number of hydrogen-bond acceptors (Lipinski definition) is 6. The molecule has 4 heterocycles. The molecule has 5 nitrogen and oxygen atoms in total. The van der Waals surface area contributed by atoms with Gasteiger partial charge in [-0.1, -0.05) is 140 Å². The smallest absolute Gasteiger partial charge is 0.151 e. The van der Waals surface area contributed by atoms with Gasteiger partial charge in [0.05, 0.1) is 0 Å². The number of benzene rings is 9. The van der Waals surface area contributed by atoms with Gasteiger partial charge in [0.1, 0.15) is 22.3 Å². The van der Waals surface area contributed by atoms with Gasteiger partial charge in [-0.15, -0.1) is 22.7 Å². The quantitative estimate of drug-likeness (QED) is 0.136. The number of furan rings is 2. The number of hydrogen-bond donors (Lipinski definition) is 2. The number of nitrogens with zero attached hydrogens (tertiary/aromatic N) is 1. The lowest BCUT2D eigenvalue weighted by atomic mass is 9.96. The van der Waals surface area contributed by atoms with Crippen molar-refractivity contribution in [2.45, 2.75) is 6.92 Å². The molecular formula is C58H39N3O2S2. The molecule has 13 rings (SSSR count). The SMILES string of the molecule is C=NC(=N)c1ccccc1.Cc1cccc2c1oc1ccccc12.N=Cc1cccc2oc3ccc(-c4cccc5sc6cc(-c7ccc8c(c7)sc7ccccc78)ccc6c45)cc3c12. The van der Waals surface area contributed by atoms with Crippen LogP contribution in [0.2, 0.25) is 0 Å². The van der Waals surface area contributed by atoms with Crippen LogP contribution in [0.3, 0.4) is 0 Å². The van der Waals surface area contributed by atoms with E-state index in [4.69, 9.17) is 19.7 Å². The monoisotopic (exact) mass is 873 g/mol. The third-order valence-electron chi connectivity index (χ3n) is 12.0. The molecule has 13 aromatic rings. The molecule has 2 N–H and O–H groups in total. The van der Waals surface area contributed by atoms with E-state index in [1.165, 1.54) is 79.6 Å². The van der Waals surface area contributed by atoms with Gasteiger partial charge in [-0.05, 0) is 90.0 Å². The van der Waals surface area contributed by atoms with Crippen LogP contribution in [-0.2, 0) is 0 Å². The Balaban J connectivity index is 0.000000159. The molecule has 0 fully saturated rings. The van der Waals surface area contributed by atoms with Crippen molar-refractivity contribution in [1.29, 1.82) is 10.8 Å². The van der Waals surface area contributed by atoms with Crippen molar-refractivity contribution in [3.63, 3.8) is 0 Å². The third-order valence-corrected chi connectivity index (χ3v) is 14.3. The van der Waals surface area contributed by atoms with E-state index in [0.29, 0.717) is 0 Å². The van der Waals surface area contributed by atoms with Gasteiger partial charge in [0, 0.05) is 79.2 Å². The second-order valence-corrected chi connectivity index (χ2v) is 18.1. The Bertz CT molecular complexity index is 3980. The number of para-hydroxylation sites is 2. The average molecular weight is 874 g/mol. The molecule has 65 heavy (non-hydrogen) atoms. The zero-order chi connectivity index (χ0) is 44.0. The van der Waals surface area contributed by atoms with Gasteiger partial charge < -0.3 is 14.2 Å². The van der Waals surface area contributed by atoms with Crippen LogP contribution in [0.5, 0.6) is 0 Å². The molecule has 0 atom stereocenters. The van der Waals surface area contributed by atoms with E-state index in [9.17, 15) is 0 Å². The second-order valence-electron chi connectivity index (χ2n) is 15.9. The summed E-state index contributed by atoms with van der Waals surface area (Å²) < 4.78 is 17.2. The summed E-state index contributed by atoms with van der Waals surface area (Å²) >= 11 is 3.72. The van der Waals surface area contributed by atoms with Crippen molar-refractivity contribution >= 4 is 126 Å². The summed E-state index contributed by atoms with van der Waals surface area (Å²) in [6.45, 7) is 5.34. The van der Waals surface area contributed by atoms with Crippen LogP contribution in [-0.4, -0.2) is 18.8 Å². The van der Waals surface area contributed by atoms with E-state index in [2.05, 4.69) is 140 Å². The van der Waals surface area contributed by atoms with Gasteiger partial charge in [-0.2, -0.15) is 0 Å². The van der Waals surface area contributed by atoms with Crippen LogP contribution in [0.4, 0.5) is 0 Å². The normalized spacial score (nSPS) is 11.3.